The maximum Gasteiger partial charge on any atom is 0.355 e. The fourth-order valence-electron chi connectivity index (χ4n) is 1.72. The summed E-state index contributed by atoms with van der Waals surface area (Å²) >= 11 is 9.84. The molecular formula is C15H14ClNO4S. The van der Waals surface area contributed by atoms with Crippen molar-refractivity contribution in [2.75, 3.05) is 5.32 Å². The second-order valence-corrected chi connectivity index (χ2v) is 5.34. The van der Waals surface area contributed by atoms with Gasteiger partial charge in [-0.2, -0.15) is 0 Å². The molecule has 1 atom stereocenters. The fraction of sp³-hybridized carbons (Fsp3) is 0.133. The molecule has 0 radical (unpaired) electrons. The molecule has 7 heteroatoms. The SMILES string of the molecule is O=C(O)C(S)Oc1ccc(NCc2cc(O)ccc2Cl)cc1. The van der Waals surface area contributed by atoms with Crippen molar-refractivity contribution in [3.05, 3.63) is 53.1 Å². The maximum absolute atomic E-state index is 10.6. The lowest BCUT2D eigenvalue weighted by Gasteiger charge is -2.11. The van der Waals surface area contributed by atoms with Crippen molar-refractivity contribution in [1.29, 1.82) is 0 Å². The molecule has 2 rings (SSSR count). The quantitative estimate of drug-likeness (QED) is 0.479. The molecule has 22 heavy (non-hydrogen) atoms. The summed E-state index contributed by atoms with van der Waals surface area (Å²) in [6.45, 7) is 0.442. The van der Waals surface area contributed by atoms with E-state index in [-0.39, 0.29) is 5.75 Å². The highest BCUT2D eigenvalue weighted by atomic mass is 35.5. The van der Waals surface area contributed by atoms with Gasteiger partial charge in [0.15, 0.2) is 0 Å². The van der Waals surface area contributed by atoms with Crippen molar-refractivity contribution in [2.24, 2.45) is 0 Å². The number of ether oxygens (including phenoxy) is 1. The van der Waals surface area contributed by atoms with Crippen molar-refractivity contribution in [1.82, 2.24) is 0 Å². The number of aliphatic carboxylic acids is 1. The number of rotatable bonds is 6. The summed E-state index contributed by atoms with van der Waals surface area (Å²) in [5, 5.41) is 21.9. The molecule has 2 aromatic rings. The first-order chi connectivity index (χ1) is 10.5. The van der Waals surface area contributed by atoms with Gasteiger partial charge < -0.3 is 20.3 Å². The molecule has 116 valence electrons. The first-order valence-corrected chi connectivity index (χ1v) is 7.24. The smallest absolute Gasteiger partial charge is 0.355 e. The number of carbonyl (C=O) groups is 1. The topological polar surface area (TPSA) is 78.8 Å². The standard InChI is InChI=1S/C15H14ClNO4S/c16-13-6-3-11(18)7-9(13)8-17-10-1-4-12(5-2-10)21-15(22)14(19)20/h1-7,15,17-18,22H,8H2,(H,19,20). The molecule has 1 unspecified atom stereocenters. The highest BCUT2D eigenvalue weighted by molar-refractivity contribution is 7.81. The van der Waals surface area contributed by atoms with Crippen LogP contribution in [-0.2, 0) is 11.3 Å². The normalized spacial score (nSPS) is 11.7. The van der Waals surface area contributed by atoms with Crippen LogP contribution in [-0.4, -0.2) is 21.6 Å². The molecule has 0 aliphatic carbocycles. The Bertz CT molecular complexity index is 663. The Morgan fingerprint density at radius 1 is 1.27 bits per heavy atom. The number of nitrogens with one attached hydrogen (secondary N) is 1. The van der Waals surface area contributed by atoms with Gasteiger partial charge >= 0.3 is 5.97 Å². The average molecular weight is 340 g/mol. The van der Waals surface area contributed by atoms with Gasteiger partial charge in [0.2, 0.25) is 5.44 Å². The molecule has 0 fully saturated rings. The first kappa shape index (κ1) is 16.3. The van der Waals surface area contributed by atoms with Crippen LogP contribution < -0.4 is 10.1 Å². The van der Waals surface area contributed by atoms with E-state index in [9.17, 15) is 9.90 Å². The summed E-state index contributed by atoms with van der Waals surface area (Å²) in [4.78, 5) is 10.6. The lowest BCUT2D eigenvalue weighted by molar-refractivity contribution is -0.140. The van der Waals surface area contributed by atoms with Crippen molar-refractivity contribution < 1.29 is 19.7 Å². The van der Waals surface area contributed by atoms with E-state index in [1.165, 1.54) is 6.07 Å². The Hall–Kier alpha value is -2.05. The molecule has 0 bridgehead atoms. The van der Waals surface area contributed by atoms with Crippen LogP contribution in [0.5, 0.6) is 11.5 Å². The van der Waals surface area contributed by atoms with E-state index in [1.54, 1.807) is 36.4 Å². The van der Waals surface area contributed by atoms with E-state index >= 15 is 0 Å². The van der Waals surface area contributed by atoms with E-state index in [0.29, 0.717) is 17.3 Å². The predicted octanol–water partition coefficient (Wildman–Crippen LogP) is 3.38. The van der Waals surface area contributed by atoms with E-state index in [4.69, 9.17) is 21.4 Å². The molecule has 0 aliphatic heterocycles. The van der Waals surface area contributed by atoms with E-state index in [1.807, 2.05) is 0 Å². The predicted molar refractivity (Wildman–Crippen MR) is 87.9 cm³/mol. The summed E-state index contributed by atoms with van der Waals surface area (Å²) in [6.07, 6.45) is 0. The van der Waals surface area contributed by atoms with Gasteiger partial charge in [-0.25, -0.2) is 4.79 Å². The number of carboxylic acid groups (broad SMARTS) is 1. The van der Waals surface area contributed by atoms with Crippen LogP contribution in [0.15, 0.2) is 42.5 Å². The summed E-state index contributed by atoms with van der Waals surface area (Å²) in [5.41, 5.74) is 0.367. The Morgan fingerprint density at radius 2 is 1.95 bits per heavy atom. The van der Waals surface area contributed by atoms with Crippen LogP contribution >= 0.6 is 24.2 Å². The number of halogens is 1. The summed E-state index contributed by atoms with van der Waals surface area (Å²) in [5.74, 6) is -0.592. The zero-order valence-electron chi connectivity index (χ0n) is 11.4. The van der Waals surface area contributed by atoms with Crippen LogP contribution in [0.25, 0.3) is 0 Å². The Kier molecular flexibility index (Phi) is 5.41. The second kappa shape index (κ2) is 7.29. The number of phenols is 1. The van der Waals surface area contributed by atoms with Crippen molar-refractivity contribution in [3.8, 4) is 11.5 Å². The number of aromatic hydroxyl groups is 1. The molecule has 0 saturated heterocycles. The summed E-state index contributed by atoms with van der Waals surface area (Å²) < 4.78 is 5.11. The van der Waals surface area contributed by atoms with Gasteiger partial charge in [0.05, 0.1) is 0 Å². The molecule has 0 spiro atoms. The third-order valence-corrected chi connectivity index (χ3v) is 3.52. The van der Waals surface area contributed by atoms with Crippen molar-refractivity contribution in [3.63, 3.8) is 0 Å². The molecule has 0 aliphatic rings. The van der Waals surface area contributed by atoms with Gasteiger partial charge in [0, 0.05) is 17.3 Å². The lowest BCUT2D eigenvalue weighted by Crippen LogP contribution is -2.20. The van der Waals surface area contributed by atoms with Crippen molar-refractivity contribution in [2.45, 2.75) is 12.0 Å². The van der Waals surface area contributed by atoms with Gasteiger partial charge in [-0.15, -0.1) is 12.6 Å². The van der Waals surface area contributed by atoms with Crippen LogP contribution in [0.2, 0.25) is 5.02 Å². The minimum absolute atomic E-state index is 0.151. The molecule has 0 aromatic heterocycles. The number of benzene rings is 2. The zero-order valence-corrected chi connectivity index (χ0v) is 13.0. The van der Waals surface area contributed by atoms with Gasteiger partial charge in [0.25, 0.3) is 0 Å². The third-order valence-electron chi connectivity index (χ3n) is 2.83. The number of thiol groups is 1. The highest BCUT2D eigenvalue weighted by Crippen LogP contribution is 2.23. The molecule has 5 nitrogen and oxygen atoms in total. The van der Waals surface area contributed by atoms with E-state index < -0.39 is 11.4 Å². The van der Waals surface area contributed by atoms with Crippen LogP contribution in [0.4, 0.5) is 5.69 Å². The maximum atomic E-state index is 10.6. The molecule has 0 amide bonds. The number of anilines is 1. The summed E-state index contributed by atoms with van der Waals surface area (Å²) in [7, 11) is 0. The van der Waals surface area contributed by atoms with Gasteiger partial charge in [-0.3, -0.25) is 0 Å². The zero-order chi connectivity index (χ0) is 16.1. The van der Waals surface area contributed by atoms with Crippen LogP contribution in [0, 0.1) is 0 Å². The average Bonchev–Trinajstić information content (AvgIpc) is 2.49. The molecule has 0 heterocycles. The van der Waals surface area contributed by atoms with Crippen molar-refractivity contribution >= 4 is 35.9 Å². The Labute approximate surface area is 137 Å². The minimum Gasteiger partial charge on any atom is -0.508 e. The molecule has 0 saturated carbocycles. The summed E-state index contributed by atoms with van der Waals surface area (Å²) in [6, 6.07) is 11.5. The van der Waals surface area contributed by atoms with Crippen LogP contribution in [0.3, 0.4) is 0 Å². The number of carboxylic acids is 1. The van der Waals surface area contributed by atoms with Gasteiger partial charge in [-0.05, 0) is 48.0 Å². The highest BCUT2D eigenvalue weighted by Gasteiger charge is 2.13. The molecule has 2 aromatic carbocycles. The Morgan fingerprint density at radius 3 is 2.59 bits per heavy atom. The number of phenolic OH excluding ortho intramolecular Hbond substituents is 1. The largest absolute Gasteiger partial charge is 0.508 e. The van der Waals surface area contributed by atoms with E-state index in [0.717, 1.165) is 11.3 Å². The molecule has 3 N–H and O–H groups in total. The van der Waals surface area contributed by atoms with Gasteiger partial charge in [-0.1, -0.05) is 11.6 Å². The monoisotopic (exact) mass is 339 g/mol. The first-order valence-electron chi connectivity index (χ1n) is 6.34. The van der Waals surface area contributed by atoms with E-state index in [2.05, 4.69) is 17.9 Å². The second-order valence-electron chi connectivity index (χ2n) is 4.46. The lowest BCUT2D eigenvalue weighted by atomic mass is 10.2. The number of hydrogen-bond donors (Lipinski definition) is 4. The van der Waals surface area contributed by atoms with Gasteiger partial charge in [0.1, 0.15) is 11.5 Å². The molecular weight excluding hydrogens is 326 g/mol. The number of hydrogen-bond acceptors (Lipinski definition) is 5. The minimum atomic E-state index is -1.20. The Balaban J connectivity index is 1.96. The fourth-order valence-corrected chi connectivity index (χ4v) is 2.03. The van der Waals surface area contributed by atoms with Crippen LogP contribution in [0.1, 0.15) is 5.56 Å². The third kappa shape index (κ3) is 4.47.